The molecule has 13 heavy (non-hydrogen) atoms. The van der Waals surface area contributed by atoms with Crippen LogP contribution in [0.5, 0.6) is 0 Å². The van der Waals surface area contributed by atoms with Crippen molar-refractivity contribution in [2.24, 2.45) is 5.41 Å². The van der Waals surface area contributed by atoms with E-state index in [1.165, 1.54) is 0 Å². The molecule has 1 fully saturated rings. The molecular weight excluding hydrogens is 166 g/mol. The van der Waals surface area contributed by atoms with E-state index in [0.717, 1.165) is 0 Å². The van der Waals surface area contributed by atoms with Gasteiger partial charge in [-0.05, 0) is 20.8 Å². The summed E-state index contributed by atoms with van der Waals surface area (Å²) in [6.45, 7) is 12.7. The summed E-state index contributed by atoms with van der Waals surface area (Å²) in [6, 6.07) is 0. The van der Waals surface area contributed by atoms with Crippen molar-refractivity contribution < 1.29 is 9.57 Å². The second-order valence-corrected chi connectivity index (χ2v) is 5.59. The second kappa shape index (κ2) is 2.69. The van der Waals surface area contributed by atoms with Crippen LogP contribution < -0.4 is 0 Å². The molecule has 2 unspecified atom stereocenters. The van der Waals surface area contributed by atoms with Crippen LogP contribution in [0.15, 0.2) is 0 Å². The minimum atomic E-state index is -0.536. The van der Waals surface area contributed by atoms with Crippen molar-refractivity contribution >= 4 is 0 Å². The van der Waals surface area contributed by atoms with E-state index in [9.17, 15) is 0 Å². The van der Waals surface area contributed by atoms with Crippen LogP contribution in [-0.2, 0) is 9.57 Å². The zero-order chi connectivity index (χ0) is 10.5. The first-order valence-corrected chi connectivity index (χ1v) is 4.70. The first-order chi connectivity index (χ1) is 5.65. The maximum Gasteiger partial charge on any atom is 0.275 e. The van der Waals surface area contributed by atoms with Gasteiger partial charge in [0, 0.05) is 18.1 Å². The predicted octanol–water partition coefficient (Wildman–Crippen LogP) is 2.38. The normalized spacial score (nSPS) is 34.8. The first kappa shape index (κ1) is 11.0. The van der Waals surface area contributed by atoms with Gasteiger partial charge in [0.1, 0.15) is 0 Å². The van der Waals surface area contributed by atoms with Crippen LogP contribution in [-0.4, -0.2) is 23.6 Å². The highest BCUT2D eigenvalue weighted by atomic mass is 17.0. The van der Waals surface area contributed by atoms with Gasteiger partial charge in [0.05, 0.1) is 0 Å². The SMILES string of the molecule is COC1(C(C)(C)C)ON1C(C)(C)C. The van der Waals surface area contributed by atoms with E-state index in [-0.39, 0.29) is 11.0 Å². The van der Waals surface area contributed by atoms with Crippen LogP contribution in [0.1, 0.15) is 41.5 Å². The van der Waals surface area contributed by atoms with Crippen molar-refractivity contribution in [1.82, 2.24) is 5.06 Å². The Hall–Kier alpha value is -0.120. The fourth-order valence-corrected chi connectivity index (χ4v) is 1.55. The van der Waals surface area contributed by atoms with Crippen molar-refractivity contribution in [3.63, 3.8) is 0 Å². The van der Waals surface area contributed by atoms with E-state index in [1.807, 2.05) is 5.06 Å². The molecule has 78 valence electrons. The monoisotopic (exact) mass is 187 g/mol. The second-order valence-electron chi connectivity index (χ2n) is 5.59. The molecule has 1 saturated heterocycles. The molecule has 3 nitrogen and oxygen atoms in total. The van der Waals surface area contributed by atoms with Gasteiger partial charge >= 0.3 is 0 Å². The molecule has 0 spiro atoms. The van der Waals surface area contributed by atoms with E-state index in [4.69, 9.17) is 9.57 Å². The van der Waals surface area contributed by atoms with E-state index < -0.39 is 5.91 Å². The van der Waals surface area contributed by atoms with Crippen molar-refractivity contribution in [2.75, 3.05) is 7.11 Å². The van der Waals surface area contributed by atoms with Gasteiger partial charge in [-0.15, -0.1) is 5.06 Å². The number of hydrogen-bond donors (Lipinski definition) is 0. The molecule has 0 bridgehead atoms. The highest BCUT2D eigenvalue weighted by Gasteiger charge is 2.67. The first-order valence-electron chi connectivity index (χ1n) is 4.70. The van der Waals surface area contributed by atoms with Crippen molar-refractivity contribution in [2.45, 2.75) is 53.0 Å². The lowest BCUT2D eigenvalue weighted by Gasteiger charge is -2.28. The molecule has 1 aliphatic rings. The van der Waals surface area contributed by atoms with Gasteiger partial charge in [-0.3, -0.25) is 0 Å². The third kappa shape index (κ3) is 1.60. The van der Waals surface area contributed by atoms with Crippen LogP contribution in [0.3, 0.4) is 0 Å². The minimum absolute atomic E-state index is 0.0106. The molecule has 0 aliphatic carbocycles. The van der Waals surface area contributed by atoms with Gasteiger partial charge in [-0.25, -0.2) is 4.84 Å². The van der Waals surface area contributed by atoms with Gasteiger partial charge in [0.2, 0.25) is 0 Å². The van der Waals surface area contributed by atoms with Crippen LogP contribution >= 0.6 is 0 Å². The van der Waals surface area contributed by atoms with Crippen molar-refractivity contribution in [3.05, 3.63) is 0 Å². The molecule has 0 radical (unpaired) electrons. The number of nitrogens with zero attached hydrogens (tertiary/aromatic N) is 1. The Balaban J connectivity index is 2.82. The summed E-state index contributed by atoms with van der Waals surface area (Å²) < 4.78 is 5.46. The summed E-state index contributed by atoms with van der Waals surface area (Å²) in [7, 11) is 1.69. The van der Waals surface area contributed by atoms with Crippen molar-refractivity contribution in [1.29, 1.82) is 0 Å². The van der Waals surface area contributed by atoms with Crippen LogP contribution in [0.4, 0.5) is 0 Å². The van der Waals surface area contributed by atoms with Gasteiger partial charge in [0.15, 0.2) is 0 Å². The zero-order valence-corrected chi connectivity index (χ0v) is 9.76. The minimum Gasteiger partial charge on any atom is -0.338 e. The van der Waals surface area contributed by atoms with Crippen LogP contribution in [0, 0.1) is 5.41 Å². The van der Waals surface area contributed by atoms with Crippen molar-refractivity contribution in [3.8, 4) is 0 Å². The quantitative estimate of drug-likeness (QED) is 0.589. The Kier molecular flexibility index (Phi) is 2.26. The highest BCUT2D eigenvalue weighted by Crippen LogP contribution is 2.52. The Morgan fingerprint density at radius 3 is 1.62 bits per heavy atom. The summed E-state index contributed by atoms with van der Waals surface area (Å²) in [4.78, 5) is 5.59. The molecule has 3 heteroatoms. The lowest BCUT2D eigenvalue weighted by molar-refractivity contribution is -0.0949. The van der Waals surface area contributed by atoms with Gasteiger partial charge < -0.3 is 4.74 Å². The fourth-order valence-electron chi connectivity index (χ4n) is 1.55. The molecule has 1 aliphatic heterocycles. The number of hydrogen-bond acceptors (Lipinski definition) is 3. The fraction of sp³-hybridized carbons (Fsp3) is 1.00. The molecule has 0 saturated carbocycles. The molecular formula is C10H21NO2. The smallest absolute Gasteiger partial charge is 0.275 e. The molecule has 0 aromatic rings. The summed E-state index contributed by atoms with van der Waals surface area (Å²) in [6.07, 6.45) is 0. The summed E-state index contributed by atoms with van der Waals surface area (Å²) in [5.74, 6) is -0.536. The average Bonchev–Trinajstić information content (AvgIpc) is 2.57. The summed E-state index contributed by atoms with van der Waals surface area (Å²) in [5, 5.41) is 1.92. The van der Waals surface area contributed by atoms with E-state index in [0.29, 0.717) is 0 Å². The number of methoxy groups -OCH3 is 1. The molecule has 1 rings (SSSR count). The molecule has 0 aromatic heterocycles. The number of hydroxylamine groups is 2. The largest absolute Gasteiger partial charge is 0.338 e. The number of ether oxygens (including phenoxy) is 1. The Bertz CT molecular complexity index is 202. The maximum atomic E-state index is 5.59. The molecule has 0 amide bonds. The van der Waals surface area contributed by atoms with E-state index >= 15 is 0 Å². The topological polar surface area (TPSA) is 24.8 Å². The van der Waals surface area contributed by atoms with Gasteiger partial charge in [-0.2, -0.15) is 0 Å². The van der Waals surface area contributed by atoms with Gasteiger partial charge in [0.25, 0.3) is 5.91 Å². The highest BCUT2D eigenvalue weighted by molar-refractivity contribution is 4.95. The average molecular weight is 187 g/mol. The lowest BCUT2D eigenvalue weighted by Crippen LogP contribution is -2.42. The maximum absolute atomic E-state index is 5.59. The predicted molar refractivity (Wildman–Crippen MR) is 51.9 cm³/mol. The summed E-state index contributed by atoms with van der Waals surface area (Å²) >= 11 is 0. The Morgan fingerprint density at radius 1 is 1.08 bits per heavy atom. The molecule has 0 N–H and O–H groups in total. The standard InChI is InChI=1S/C10H21NO2/c1-8(2,3)10(12-7)11(13-10)9(4,5)6/h1-7H3. The van der Waals surface area contributed by atoms with Crippen LogP contribution in [0.2, 0.25) is 0 Å². The van der Waals surface area contributed by atoms with E-state index in [1.54, 1.807) is 7.11 Å². The Labute approximate surface area is 81.0 Å². The van der Waals surface area contributed by atoms with E-state index in [2.05, 4.69) is 41.5 Å². The Morgan fingerprint density at radius 2 is 1.54 bits per heavy atom. The zero-order valence-electron chi connectivity index (χ0n) is 9.76. The molecule has 2 atom stereocenters. The third-order valence-electron chi connectivity index (χ3n) is 2.28. The van der Waals surface area contributed by atoms with Crippen LogP contribution in [0.25, 0.3) is 0 Å². The molecule has 0 aromatic carbocycles. The summed E-state index contributed by atoms with van der Waals surface area (Å²) in [5.41, 5.74) is -0.0433. The molecule has 1 heterocycles. The number of rotatable bonds is 1. The lowest BCUT2D eigenvalue weighted by atomic mass is 9.91. The van der Waals surface area contributed by atoms with Gasteiger partial charge in [-0.1, -0.05) is 20.8 Å². The third-order valence-corrected chi connectivity index (χ3v) is 2.28.